The number of nitrogens with zero attached hydrogens (tertiary/aromatic N) is 2. The lowest BCUT2D eigenvalue weighted by Crippen LogP contribution is -2.47. The predicted octanol–water partition coefficient (Wildman–Crippen LogP) is 2.82. The van der Waals surface area contributed by atoms with E-state index in [4.69, 9.17) is 0 Å². The van der Waals surface area contributed by atoms with Crippen molar-refractivity contribution < 1.29 is 9.59 Å². The minimum absolute atomic E-state index is 0. The van der Waals surface area contributed by atoms with Crippen LogP contribution in [0, 0.1) is 0 Å². The van der Waals surface area contributed by atoms with Crippen LogP contribution >= 0.6 is 23.7 Å². The van der Waals surface area contributed by atoms with E-state index in [9.17, 15) is 9.59 Å². The highest BCUT2D eigenvalue weighted by Gasteiger charge is 2.27. The number of carbonyl (C=O) groups is 2. The minimum Gasteiger partial charge on any atom is -0.369 e. The number of thiophene rings is 1. The van der Waals surface area contributed by atoms with E-state index in [0.29, 0.717) is 24.3 Å². The Hall–Kier alpha value is -2.84. The quantitative estimate of drug-likeness (QED) is 0.558. The molecule has 5 rings (SSSR count). The van der Waals surface area contributed by atoms with Crippen molar-refractivity contribution in [3.8, 4) is 0 Å². The number of pyridine rings is 1. The molecule has 1 atom stereocenters. The van der Waals surface area contributed by atoms with Gasteiger partial charge in [0.05, 0.1) is 16.3 Å². The van der Waals surface area contributed by atoms with Crippen molar-refractivity contribution in [1.82, 2.24) is 20.2 Å². The smallest absolute Gasteiger partial charge is 0.268 e. The number of aromatic nitrogens is 2. The molecule has 5 heterocycles. The molecule has 2 amide bonds. The molecule has 2 aliphatic rings. The first-order valence-corrected chi connectivity index (χ1v) is 10.1. The average Bonchev–Trinajstić information content (AvgIpc) is 3.42. The van der Waals surface area contributed by atoms with Gasteiger partial charge in [-0.2, -0.15) is 0 Å². The number of halogens is 1. The van der Waals surface area contributed by atoms with Gasteiger partial charge in [-0.05, 0) is 30.0 Å². The fraction of sp³-hybridized carbons (Fsp3) is 0.250. The Morgan fingerprint density at radius 1 is 1.31 bits per heavy atom. The number of carbonyl (C=O) groups excluding carboxylic acids is 2. The summed E-state index contributed by atoms with van der Waals surface area (Å²) in [6, 6.07) is 5.38. The molecule has 0 radical (unpaired) electrons. The Labute approximate surface area is 177 Å². The largest absolute Gasteiger partial charge is 0.369 e. The maximum absolute atomic E-state index is 13.1. The van der Waals surface area contributed by atoms with E-state index in [-0.39, 0.29) is 30.3 Å². The van der Waals surface area contributed by atoms with Gasteiger partial charge in [-0.25, -0.2) is 4.98 Å². The van der Waals surface area contributed by atoms with E-state index in [1.54, 1.807) is 28.5 Å². The summed E-state index contributed by atoms with van der Waals surface area (Å²) in [6.07, 6.45) is 6.35. The van der Waals surface area contributed by atoms with Crippen molar-refractivity contribution >= 4 is 51.6 Å². The number of hydrogen-bond donors (Lipinski definition) is 3. The third-order valence-corrected chi connectivity index (χ3v) is 6.02. The zero-order valence-electron chi connectivity index (χ0n) is 15.5. The highest BCUT2D eigenvalue weighted by molar-refractivity contribution is 7.17. The van der Waals surface area contributed by atoms with Crippen LogP contribution in [-0.4, -0.2) is 52.4 Å². The van der Waals surface area contributed by atoms with E-state index >= 15 is 0 Å². The number of anilines is 1. The molecule has 9 heteroatoms. The molecule has 3 aromatic heterocycles. The fourth-order valence-corrected chi connectivity index (χ4v) is 4.56. The van der Waals surface area contributed by atoms with Gasteiger partial charge in [0.2, 0.25) is 0 Å². The van der Waals surface area contributed by atoms with Gasteiger partial charge in [0.1, 0.15) is 11.5 Å². The van der Waals surface area contributed by atoms with Crippen LogP contribution in [0.15, 0.2) is 41.9 Å². The second kappa shape index (κ2) is 7.88. The van der Waals surface area contributed by atoms with Crippen LogP contribution in [-0.2, 0) is 6.42 Å². The third-order valence-electron chi connectivity index (χ3n) is 5.15. The van der Waals surface area contributed by atoms with Crippen molar-refractivity contribution in [2.75, 3.05) is 25.0 Å². The highest BCUT2D eigenvalue weighted by Crippen LogP contribution is 2.25. The van der Waals surface area contributed by atoms with Crippen LogP contribution in [0.5, 0.6) is 0 Å². The van der Waals surface area contributed by atoms with Crippen molar-refractivity contribution in [1.29, 1.82) is 0 Å². The normalized spacial score (nSPS) is 17.5. The second-order valence-corrected chi connectivity index (χ2v) is 7.91. The standard InChI is InChI=1S/C20H19N5O2S.ClH/c26-19(16-10-17-15(24-16)5-9-28-17)23-12-2-1-8-25(11-12)20(27)14-4-7-22-18-13(14)3-6-21-18;/h1-2,4-5,7,9-10,12,24H,3,6,8,11H2,(H,21,22)(H,23,26);1H. The molecule has 0 bridgehead atoms. The summed E-state index contributed by atoms with van der Waals surface area (Å²) < 4.78 is 1.06. The number of nitrogens with one attached hydrogen (secondary N) is 3. The zero-order chi connectivity index (χ0) is 19.1. The molecule has 7 nitrogen and oxygen atoms in total. The van der Waals surface area contributed by atoms with Crippen LogP contribution < -0.4 is 10.6 Å². The maximum Gasteiger partial charge on any atom is 0.268 e. The summed E-state index contributed by atoms with van der Waals surface area (Å²) in [4.78, 5) is 34.8. The summed E-state index contributed by atoms with van der Waals surface area (Å²) in [7, 11) is 0. The molecule has 3 aromatic rings. The average molecular weight is 430 g/mol. The fourth-order valence-electron chi connectivity index (χ4n) is 3.78. The van der Waals surface area contributed by atoms with Gasteiger partial charge in [0.25, 0.3) is 11.8 Å². The second-order valence-electron chi connectivity index (χ2n) is 6.96. The molecular formula is C20H20ClN5O2S. The van der Waals surface area contributed by atoms with E-state index in [2.05, 4.69) is 20.6 Å². The molecule has 0 aromatic carbocycles. The van der Waals surface area contributed by atoms with Crippen LogP contribution in [0.3, 0.4) is 0 Å². The first-order valence-electron chi connectivity index (χ1n) is 9.24. The molecule has 0 aliphatic carbocycles. The summed E-state index contributed by atoms with van der Waals surface area (Å²) in [5.41, 5.74) is 3.18. The Balaban J connectivity index is 0.00000205. The van der Waals surface area contributed by atoms with Crippen molar-refractivity contribution in [3.05, 3.63) is 58.7 Å². The van der Waals surface area contributed by atoms with Crippen LogP contribution in [0.25, 0.3) is 10.2 Å². The van der Waals surface area contributed by atoms with E-state index in [1.165, 1.54) is 0 Å². The van der Waals surface area contributed by atoms with Crippen LogP contribution in [0.1, 0.15) is 26.4 Å². The first kappa shape index (κ1) is 19.5. The van der Waals surface area contributed by atoms with Gasteiger partial charge in [0.15, 0.2) is 0 Å². The van der Waals surface area contributed by atoms with E-state index in [1.807, 2.05) is 29.7 Å². The Morgan fingerprint density at radius 2 is 2.21 bits per heavy atom. The minimum atomic E-state index is -0.223. The van der Waals surface area contributed by atoms with Crippen LogP contribution in [0.4, 0.5) is 5.82 Å². The third kappa shape index (κ3) is 3.61. The van der Waals surface area contributed by atoms with Gasteiger partial charge in [-0.1, -0.05) is 12.2 Å². The Kier molecular flexibility index (Phi) is 5.29. The van der Waals surface area contributed by atoms with Gasteiger partial charge in [0, 0.05) is 37.0 Å². The molecule has 29 heavy (non-hydrogen) atoms. The van der Waals surface area contributed by atoms with Gasteiger partial charge < -0.3 is 20.5 Å². The molecule has 0 fully saturated rings. The summed E-state index contributed by atoms with van der Waals surface area (Å²) in [5, 5.41) is 8.20. The first-order chi connectivity index (χ1) is 13.7. The summed E-state index contributed by atoms with van der Waals surface area (Å²) >= 11 is 1.59. The molecule has 1 unspecified atom stereocenters. The molecule has 0 saturated heterocycles. The van der Waals surface area contributed by atoms with Gasteiger partial charge in [-0.3, -0.25) is 9.59 Å². The number of hydrogen-bond acceptors (Lipinski definition) is 5. The molecule has 150 valence electrons. The van der Waals surface area contributed by atoms with Crippen LogP contribution in [0.2, 0.25) is 0 Å². The Morgan fingerprint density at radius 3 is 3.07 bits per heavy atom. The predicted molar refractivity (Wildman–Crippen MR) is 116 cm³/mol. The highest BCUT2D eigenvalue weighted by atomic mass is 35.5. The number of fused-ring (bicyclic) bond motifs is 2. The molecule has 0 spiro atoms. The number of amides is 2. The van der Waals surface area contributed by atoms with Crippen molar-refractivity contribution in [3.63, 3.8) is 0 Å². The lowest BCUT2D eigenvalue weighted by Gasteiger charge is -2.29. The molecular weight excluding hydrogens is 410 g/mol. The maximum atomic E-state index is 13.1. The van der Waals surface area contributed by atoms with Gasteiger partial charge >= 0.3 is 0 Å². The number of aromatic amines is 1. The van der Waals surface area contributed by atoms with Gasteiger partial charge in [-0.15, -0.1) is 23.7 Å². The number of rotatable bonds is 3. The molecule has 0 saturated carbocycles. The zero-order valence-corrected chi connectivity index (χ0v) is 17.1. The summed E-state index contributed by atoms with van der Waals surface area (Å²) in [6.45, 7) is 1.79. The van der Waals surface area contributed by atoms with Crippen molar-refractivity contribution in [2.45, 2.75) is 12.5 Å². The van der Waals surface area contributed by atoms with Crippen molar-refractivity contribution in [2.24, 2.45) is 0 Å². The number of H-pyrrole nitrogens is 1. The van der Waals surface area contributed by atoms with E-state index in [0.717, 1.165) is 34.6 Å². The summed E-state index contributed by atoms with van der Waals surface area (Å²) in [5.74, 6) is 0.614. The van der Waals surface area contributed by atoms with E-state index < -0.39 is 0 Å². The monoisotopic (exact) mass is 429 g/mol. The SMILES string of the molecule is Cl.O=C(NC1C=CCN(C(=O)c2ccnc3c2CCN3)C1)c1cc2sccc2[nH]1. The lowest BCUT2D eigenvalue weighted by molar-refractivity contribution is 0.0743. The molecule has 2 aliphatic heterocycles. The topological polar surface area (TPSA) is 90.1 Å². The molecule has 3 N–H and O–H groups in total. The lowest BCUT2D eigenvalue weighted by atomic mass is 10.1. The Bertz CT molecular complexity index is 1080.